The van der Waals surface area contributed by atoms with Crippen LogP contribution in [0, 0.1) is 13.8 Å². The molecule has 0 aromatic heterocycles. The van der Waals surface area contributed by atoms with Gasteiger partial charge in [-0.15, -0.1) is 0 Å². The SMILES string of the molecule is Cc1cc(Oc2cccc(CN3CCN(C)CC3)c2)cc(C)c1Cl. The second-order valence-electron chi connectivity index (χ2n) is 6.70. The summed E-state index contributed by atoms with van der Waals surface area (Å²) in [7, 11) is 2.18. The van der Waals surface area contributed by atoms with Crippen molar-refractivity contribution in [1.29, 1.82) is 0 Å². The lowest BCUT2D eigenvalue weighted by Crippen LogP contribution is -2.43. The average Bonchev–Trinajstić information content (AvgIpc) is 2.55. The molecule has 0 atom stereocenters. The molecule has 3 nitrogen and oxygen atoms in total. The molecule has 3 rings (SSSR count). The quantitative estimate of drug-likeness (QED) is 0.812. The third-order valence-corrected chi connectivity index (χ3v) is 5.14. The molecule has 0 N–H and O–H groups in total. The van der Waals surface area contributed by atoms with Crippen LogP contribution in [0.3, 0.4) is 0 Å². The Bertz CT molecular complexity index is 686. The van der Waals surface area contributed by atoms with Gasteiger partial charge in [-0.05, 0) is 61.9 Å². The number of aryl methyl sites for hydroxylation is 2. The summed E-state index contributed by atoms with van der Waals surface area (Å²) in [5.41, 5.74) is 3.37. The van der Waals surface area contributed by atoms with Gasteiger partial charge in [0.05, 0.1) is 0 Å². The lowest BCUT2D eigenvalue weighted by molar-refractivity contribution is 0.148. The number of halogens is 1. The van der Waals surface area contributed by atoms with Crippen LogP contribution in [0.15, 0.2) is 36.4 Å². The molecule has 0 unspecified atom stereocenters. The largest absolute Gasteiger partial charge is 0.457 e. The minimum absolute atomic E-state index is 0.811. The number of rotatable bonds is 4. The molecule has 1 saturated heterocycles. The third-order valence-electron chi connectivity index (χ3n) is 4.55. The first-order chi connectivity index (χ1) is 11.5. The van der Waals surface area contributed by atoms with Crippen molar-refractivity contribution in [1.82, 2.24) is 9.80 Å². The lowest BCUT2D eigenvalue weighted by atomic mass is 10.1. The zero-order valence-corrected chi connectivity index (χ0v) is 15.4. The van der Waals surface area contributed by atoms with Crippen molar-refractivity contribution in [2.24, 2.45) is 0 Å². The molecule has 2 aromatic rings. The van der Waals surface area contributed by atoms with Crippen LogP contribution in [0.25, 0.3) is 0 Å². The fraction of sp³-hybridized carbons (Fsp3) is 0.400. The molecular weight excluding hydrogens is 320 g/mol. The van der Waals surface area contributed by atoms with Gasteiger partial charge in [-0.25, -0.2) is 0 Å². The molecule has 0 amide bonds. The third kappa shape index (κ3) is 4.29. The van der Waals surface area contributed by atoms with Crippen LogP contribution in [-0.4, -0.2) is 43.0 Å². The van der Waals surface area contributed by atoms with Crippen molar-refractivity contribution in [3.63, 3.8) is 0 Å². The van der Waals surface area contributed by atoms with E-state index in [0.717, 1.165) is 60.4 Å². The van der Waals surface area contributed by atoms with Crippen molar-refractivity contribution >= 4 is 11.6 Å². The molecule has 0 bridgehead atoms. The molecular formula is C20H25ClN2O. The first kappa shape index (κ1) is 17.3. The smallest absolute Gasteiger partial charge is 0.128 e. The van der Waals surface area contributed by atoms with Crippen LogP contribution < -0.4 is 4.74 Å². The Labute approximate surface area is 149 Å². The monoisotopic (exact) mass is 344 g/mol. The van der Waals surface area contributed by atoms with E-state index in [1.807, 2.05) is 32.0 Å². The van der Waals surface area contributed by atoms with E-state index < -0.39 is 0 Å². The average molecular weight is 345 g/mol. The first-order valence-electron chi connectivity index (χ1n) is 8.46. The maximum Gasteiger partial charge on any atom is 0.128 e. The van der Waals surface area contributed by atoms with E-state index in [4.69, 9.17) is 16.3 Å². The molecule has 2 aromatic carbocycles. The van der Waals surface area contributed by atoms with Gasteiger partial charge >= 0.3 is 0 Å². The summed E-state index contributed by atoms with van der Waals surface area (Å²) in [4.78, 5) is 4.87. The van der Waals surface area contributed by atoms with Crippen LogP contribution in [0.2, 0.25) is 5.02 Å². The molecule has 1 fully saturated rings. The molecule has 0 aliphatic carbocycles. The molecule has 1 heterocycles. The highest BCUT2D eigenvalue weighted by Crippen LogP contribution is 2.29. The van der Waals surface area contributed by atoms with Gasteiger partial charge in [0.25, 0.3) is 0 Å². The Morgan fingerprint density at radius 3 is 2.29 bits per heavy atom. The van der Waals surface area contributed by atoms with E-state index >= 15 is 0 Å². The Balaban J connectivity index is 1.69. The number of hydrogen-bond acceptors (Lipinski definition) is 3. The standard InChI is InChI=1S/C20H25ClN2O/c1-15-11-19(12-16(2)20(15)21)24-18-6-4-5-17(13-18)14-23-9-7-22(3)8-10-23/h4-6,11-13H,7-10,14H2,1-3H3. The summed E-state index contributed by atoms with van der Waals surface area (Å²) in [6, 6.07) is 12.4. The zero-order valence-electron chi connectivity index (χ0n) is 14.7. The minimum atomic E-state index is 0.811. The van der Waals surface area contributed by atoms with Gasteiger partial charge in [-0.3, -0.25) is 4.90 Å². The number of benzene rings is 2. The fourth-order valence-corrected chi connectivity index (χ4v) is 3.18. The van der Waals surface area contributed by atoms with Gasteiger partial charge in [0, 0.05) is 37.7 Å². The van der Waals surface area contributed by atoms with Crippen LogP contribution in [-0.2, 0) is 6.54 Å². The Morgan fingerprint density at radius 1 is 0.958 bits per heavy atom. The Morgan fingerprint density at radius 2 is 1.62 bits per heavy atom. The topological polar surface area (TPSA) is 15.7 Å². The van der Waals surface area contributed by atoms with Crippen LogP contribution in [0.1, 0.15) is 16.7 Å². The first-order valence-corrected chi connectivity index (χ1v) is 8.83. The highest BCUT2D eigenvalue weighted by atomic mass is 35.5. The molecule has 0 radical (unpaired) electrons. The predicted octanol–water partition coefficient (Wildman–Crippen LogP) is 4.50. The molecule has 1 aliphatic rings. The molecule has 4 heteroatoms. The highest BCUT2D eigenvalue weighted by Gasteiger charge is 2.14. The van der Waals surface area contributed by atoms with Crippen LogP contribution in [0.4, 0.5) is 0 Å². The zero-order chi connectivity index (χ0) is 17.1. The molecule has 1 aliphatic heterocycles. The molecule has 0 spiro atoms. The summed E-state index contributed by atoms with van der Waals surface area (Å²) >= 11 is 6.23. The van der Waals surface area contributed by atoms with Gasteiger partial charge in [-0.1, -0.05) is 23.7 Å². The van der Waals surface area contributed by atoms with Gasteiger partial charge in [0.2, 0.25) is 0 Å². The van der Waals surface area contributed by atoms with Crippen LogP contribution in [0.5, 0.6) is 11.5 Å². The second kappa shape index (κ2) is 7.56. The number of ether oxygens (including phenoxy) is 1. The van der Waals surface area contributed by atoms with Crippen molar-refractivity contribution in [2.75, 3.05) is 33.2 Å². The van der Waals surface area contributed by atoms with E-state index in [-0.39, 0.29) is 0 Å². The molecule has 0 saturated carbocycles. The van der Waals surface area contributed by atoms with Crippen molar-refractivity contribution in [3.05, 3.63) is 58.1 Å². The van der Waals surface area contributed by atoms with E-state index in [1.165, 1.54) is 5.56 Å². The summed E-state index contributed by atoms with van der Waals surface area (Å²) < 4.78 is 6.06. The number of piperazine rings is 1. The fourth-order valence-electron chi connectivity index (χ4n) is 3.07. The Hall–Kier alpha value is -1.55. The summed E-state index contributed by atoms with van der Waals surface area (Å²) in [5.74, 6) is 1.72. The second-order valence-corrected chi connectivity index (χ2v) is 7.08. The van der Waals surface area contributed by atoms with Gasteiger partial charge in [0.15, 0.2) is 0 Å². The summed E-state index contributed by atoms with van der Waals surface area (Å²) in [5, 5.41) is 0.811. The van der Waals surface area contributed by atoms with E-state index in [0.29, 0.717) is 0 Å². The van der Waals surface area contributed by atoms with E-state index in [2.05, 4.69) is 35.0 Å². The van der Waals surface area contributed by atoms with Crippen LogP contribution >= 0.6 is 11.6 Å². The Kier molecular flexibility index (Phi) is 5.44. The van der Waals surface area contributed by atoms with Crippen molar-refractivity contribution in [3.8, 4) is 11.5 Å². The number of nitrogens with zero attached hydrogens (tertiary/aromatic N) is 2. The molecule has 24 heavy (non-hydrogen) atoms. The normalized spacial score (nSPS) is 16.3. The van der Waals surface area contributed by atoms with E-state index in [9.17, 15) is 0 Å². The minimum Gasteiger partial charge on any atom is -0.457 e. The van der Waals surface area contributed by atoms with Crippen molar-refractivity contribution in [2.45, 2.75) is 20.4 Å². The van der Waals surface area contributed by atoms with Gasteiger partial charge < -0.3 is 9.64 Å². The van der Waals surface area contributed by atoms with Gasteiger partial charge in [-0.2, -0.15) is 0 Å². The maximum atomic E-state index is 6.23. The highest BCUT2D eigenvalue weighted by molar-refractivity contribution is 6.32. The van der Waals surface area contributed by atoms with E-state index in [1.54, 1.807) is 0 Å². The molecule has 128 valence electrons. The maximum absolute atomic E-state index is 6.23. The van der Waals surface area contributed by atoms with Crippen molar-refractivity contribution < 1.29 is 4.74 Å². The summed E-state index contributed by atoms with van der Waals surface area (Å²) in [6.07, 6.45) is 0. The number of hydrogen-bond donors (Lipinski definition) is 0. The summed E-state index contributed by atoms with van der Waals surface area (Å²) in [6.45, 7) is 9.51. The predicted molar refractivity (Wildman–Crippen MR) is 100 cm³/mol. The van der Waals surface area contributed by atoms with Gasteiger partial charge in [0.1, 0.15) is 11.5 Å². The number of likely N-dealkylation sites (N-methyl/N-ethyl adjacent to an activating group) is 1. The lowest BCUT2D eigenvalue weighted by Gasteiger charge is -2.32.